The number of fused-ring (bicyclic) bond motifs is 1. The average molecular weight is 269 g/mol. The molecule has 0 saturated carbocycles. The summed E-state index contributed by atoms with van der Waals surface area (Å²) in [5.74, 6) is 0. The van der Waals surface area contributed by atoms with Gasteiger partial charge in [0.15, 0.2) is 0 Å². The molecular formula is C16H13ClN2. The molecule has 1 heterocycles. The van der Waals surface area contributed by atoms with E-state index in [0.29, 0.717) is 6.54 Å². The molecule has 1 aromatic heterocycles. The maximum Gasteiger partial charge on any atom is 0.0703 e. The molecule has 0 atom stereocenters. The van der Waals surface area contributed by atoms with Gasteiger partial charge in [0.1, 0.15) is 0 Å². The molecule has 2 aromatic carbocycles. The third-order valence-corrected chi connectivity index (χ3v) is 3.40. The highest BCUT2D eigenvalue weighted by Crippen LogP contribution is 2.19. The highest BCUT2D eigenvalue weighted by Gasteiger charge is 2.00. The summed E-state index contributed by atoms with van der Waals surface area (Å²) in [6.07, 6.45) is 1.85. The fraction of sp³-hybridized carbons (Fsp3) is 0.0625. The minimum Gasteiger partial charge on any atom is -0.380 e. The van der Waals surface area contributed by atoms with E-state index in [2.05, 4.69) is 22.4 Å². The highest BCUT2D eigenvalue weighted by atomic mass is 35.5. The number of aromatic nitrogens is 1. The lowest BCUT2D eigenvalue weighted by molar-refractivity contribution is 1.14. The van der Waals surface area contributed by atoms with E-state index in [1.54, 1.807) is 0 Å². The Hall–Kier alpha value is -2.06. The molecule has 0 aliphatic carbocycles. The zero-order chi connectivity index (χ0) is 13.1. The van der Waals surface area contributed by atoms with Gasteiger partial charge < -0.3 is 5.32 Å². The Balaban J connectivity index is 1.80. The predicted octanol–water partition coefficient (Wildman–Crippen LogP) is 4.50. The molecule has 2 nitrogen and oxygen atoms in total. The van der Waals surface area contributed by atoms with Crippen LogP contribution in [0, 0.1) is 0 Å². The van der Waals surface area contributed by atoms with Gasteiger partial charge in [-0.05, 0) is 23.8 Å². The van der Waals surface area contributed by atoms with Gasteiger partial charge in [-0.25, -0.2) is 0 Å². The molecule has 0 aliphatic rings. The van der Waals surface area contributed by atoms with E-state index in [-0.39, 0.29) is 0 Å². The average Bonchev–Trinajstić information content (AvgIpc) is 2.46. The van der Waals surface area contributed by atoms with Crippen molar-refractivity contribution < 1.29 is 0 Å². The molecule has 1 N–H and O–H groups in total. The van der Waals surface area contributed by atoms with Crippen molar-refractivity contribution in [2.24, 2.45) is 0 Å². The standard InChI is InChI=1S/C16H13ClN2/c17-15-7-3-1-6-13(15)10-18-14-9-12-5-2-4-8-16(12)19-11-14/h1-9,11,18H,10H2. The maximum atomic E-state index is 6.13. The van der Waals surface area contributed by atoms with Gasteiger partial charge >= 0.3 is 0 Å². The van der Waals surface area contributed by atoms with Crippen LogP contribution in [0.1, 0.15) is 5.56 Å². The molecule has 0 aliphatic heterocycles. The quantitative estimate of drug-likeness (QED) is 0.756. The number of nitrogens with one attached hydrogen (secondary N) is 1. The summed E-state index contributed by atoms with van der Waals surface area (Å²) in [6, 6.07) is 18.0. The molecule has 0 saturated heterocycles. The fourth-order valence-corrected chi connectivity index (χ4v) is 2.21. The van der Waals surface area contributed by atoms with Gasteiger partial charge in [0.2, 0.25) is 0 Å². The zero-order valence-corrected chi connectivity index (χ0v) is 11.1. The Morgan fingerprint density at radius 3 is 2.68 bits per heavy atom. The highest BCUT2D eigenvalue weighted by molar-refractivity contribution is 6.31. The summed E-state index contributed by atoms with van der Waals surface area (Å²) >= 11 is 6.13. The molecule has 0 amide bonds. The molecule has 0 unspecified atom stereocenters. The molecule has 94 valence electrons. The van der Waals surface area contributed by atoms with Crippen molar-refractivity contribution in [3.63, 3.8) is 0 Å². The minimum absolute atomic E-state index is 0.694. The summed E-state index contributed by atoms with van der Waals surface area (Å²) in [5.41, 5.74) is 3.08. The van der Waals surface area contributed by atoms with E-state index >= 15 is 0 Å². The van der Waals surface area contributed by atoms with Gasteiger partial charge in [0, 0.05) is 17.0 Å². The van der Waals surface area contributed by atoms with Gasteiger partial charge in [-0.3, -0.25) is 4.98 Å². The van der Waals surface area contributed by atoms with Crippen molar-refractivity contribution in [2.45, 2.75) is 6.54 Å². The predicted molar refractivity (Wildman–Crippen MR) is 80.5 cm³/mol. The maximum absolute atomic E-state index is 6.13. The number of anilines is 1. The van der Waals surface area contributed by atoms with Crippen LogP contribution in [0.15, 0.2) is 60.8 Å². The molecule has 19 heavy (non-hydrogen) atoms. The van der Waals surface area contributed by atoms with Gasteiger partial charge in [-0.1, -0.05) is 48.0 Å². The van der Waals surface area contributed by atoms with Crippen LogP contribution in [-0.2, 0) is 6.54 Å². The molecule has 3 aromatic rings. The Kier molecular flexibility index (Phi) is 3.34. The van der Waals surface area contributed by atoms with Crippen LogP contribution < -0.4 is 5.32 Å². The third kappa shape index (κ3) is 2.69. The van der Waals surface area contributed by atoms with Crippen LogP contribution in [0.25, 0.3) is 10.9 Å². The zero-order valence-electron chi connectivity index (χ0n) is 10.3. The van der Waals surface area contributed by atoms with Crippen molar-refractivity contribution in [3.8, 4) is 0 Å². The van der Waals surface area contributed by atoms with Crippen molar-refractivity contribution in [2.75, 3.05) is 5.32 Å². The van der Waals surface area contributed by atoms with Crippen LogP contribution in [0.5, 0.6) is 0 Å². The molecule has 3 heteroatoms. The summed E-state index contributed by atoms with van der Waals surface area (Å²) < 4.78 is 0. The Bertz CT molecular complexity index is 710. The van der Waals surface area contributed by atoms with Gasteiger partial charge in [-0.15, -0.1) is 0 Å². The smallest absolute Gasteiger partial charge is 0.0703 e. The molecule has 3 rings (SSSR count). The summed E-state index contributed by atoms with van der Waals surface area (Å²) in [4.78, 5) is 4.42. The van der Waals surface area contributed by atoms with Crippen LogP contribution in [-0.4, -0.2) is 4.98 Å². The number of pyridine rings is 1. The molecule has 0 fully saturated rings. The van der Waals surface area contributed by atoms with Crippen LogP contribution in [0.3, 0.4) is 0 Å². The number of hydrogen-bond donors (Lipinski definition) is 1. The van der Waals surface area contributed by atoms with E-state index in [1.165, 1.54) is 0 Å². The van der Waals surface area contributed by atoms with Crippen molar-refractivity contribution in [1.29, 1.82) is 0 Å². The largest absolute Gasteiger partial charge is 0.380 e. The monoisotopic (exact) mass is 268 g/mol. The number of benzene rings is 2. The van der Waals surface area contributed by atoms with Crippen LogP contribution >= 0.6 is 11.6 Å². The fourth-order valence-electron chi connectivity index (χ4n) is 2.01. The van der Waals surface area contributed by atoms with Crippen molar-refractivity contribution >= 4 is 28.2 Å². The Labute approximate surface area is 117 Å². The van der Waals surface area contributed by atoms with Crippen LogP contribution in [0.2, 0.25) is 5.02 Å². The first-order valence-corrected chi connectivity index (χ1v) is 6.53. The van der Waals surface area contributed by atoms with E-state index in [9.17, 15) is 0 Å². The SMILES string of the molecule is Clc1ccccc1CNc1cnc2ccccc2c1. The molecule has 0 spiro atoms. The number of nitrogens with zero attached hydrogens (tertiary/aromatic N) is 1. The number of halogens is 1. The minimum atomic E-state index is 0.694. The second-order valence-corrected chi connectivity index (χ2v) is 4.77. The Morgan fingerprint density at radius 1 is 1.00 bits per heavy atom. The van der Waals surface area contributed by atoms with E-state index < -0.39 is 0 Å². The van der Waals surface area contributed by atoms with E-state index in [1.807, 2.05) is 48.7 Å². The van der Waals surface area contributed by atoms with Crippen LogP contribution in [0.4, 0.5) is 5.69 Å². The molecular weight excluding hydrogens is 256 g/mol. The number of hydrogen-bond acceptors (Lipinski definition) is 2. The number of rotatable bonds is 3. The molecule has 0 radical (unpaired) electrons. The van der Waals surface area contributed by atoms with E-state index in [4.69, 9.17) is 11.6 Å². The topological polar surface area (TPSA) is 24.9 Å². The lowest BCUT2D eigenvalue weighted by Crippen LogP contribution is -2.00. The van der Waals surface area contributed by atoms with Gasteiger partial charge in [0.05, 0.1) is 17.4 Å². The first-order valence-electron chi connectivity index (χ1n) is 6.15. The summed E-state index contributed by atoms with van der Waals surface area (Å²) in [6.45, 7) is 0.694. The second-order valence-electron chi connectivity index (χ2n) is 4.36. The second kappa shape index (κ2) is 5.29. The van der Waals surface area contributed by atoms with Crippen molar-refractivity contribution in [3.05, 3.63) is 71.4 Å². The van der Waals surface area contributed by atoms with Crippen molar-refractivity contribution in [1.82, 2.24) is 4.98 Å². The third-order valence-electron chi connectivity index (χ3n) is 3.03. The normalized spacial score (nSPS) is 10.6. The Morgan fingerprint density at radius 2 is 1.79 bits per heavy atom. The first kappa shape index (κ1) is 12.0. The lowest BCUT2D eigenvalue weighted by Gasteiger charge is -2.08. The van der Waals surface area contributed by atoms with Gasteiger partial charge in [-0.2, -0.15) is 0 Å². The summed E-state index contributed by atoms with van der Waals surface area (Å²) in [7, 11) is 0. The van der Waals surface area contributed by atoms with E-state index in [0.717, 1.165) is 27.2 Å². The molecule has 0 bridgehead atoms. The van der Waals surface area contributed by atoms with Gasteiger partial charge in [0.25, 0.3) is 0 Å². The number of para-hydroxylation sites is 1. The first-order chi connectivity index (χ1) is 9.33. The summed E-state index contributed by atoms with van der Waals surface area (Å²) in [5, 5.41) is 5.26. The lowest BCUT2D eigenvalue weighted by atomic mass is 10.2.